The van der Waals surface area contributed by atoms with Crippen LogP contribution in [-0.2, 0) is 5.75 Å². The van der Waals surface area contributed by atoms with Gasteiger partial charge in [-0.2, -0.15) is 0 Å². The fourth-order valence-corrected chi connectivity index (χ4v) is 2.82. The van der Waals surface area contributed by atoms with Crippen LogP contribution in [0.3, 0.4) is 0 Å². The van der Waals surface area contributed by atoms with Crippen molar-refractivity contribution in [2.24, 2.45) is 0 Å². The van der Waals surface area contributed by atoms with E-state index in [2.05, 4.69) is 50.8 Å². The molecule has 74 valence electrons. The van der Waals surface area contributed by atoms with Crippen molar-refractivity contribution >= 4 is 10.0 Å². The van der Waals surface area contributed by atoms with Crippen molar-refractivity contribution in [1.29, 1.82) is 0 Å². The largest absolute Gasteiger partial charge is 0.246 e. The first kappa shape index (κ1) is 10.6. The van der Waals surface area contributed by atoms with Gasteiger partial charge in [0.25, 0.3) is 0 Å². The molecule has 0 fully saturated rings. The van der Waals surface area contributed by atoms with Crippen molar-refractivity contribution < 1.29 is 0 Å². The summed E-state index contributed by atoms with van der Waals surface area (Å²) in [6, 6.07) is 6.86. The second kappa shape index (κ2) is 3.75. The molecule has 0 aliphatic heterocycles. The minimum Gasteiger partial charge on any atom is -0.246 e. The van der Waals surface area contributed by atoms with Crippen LogP contribution in [0.5, 0.6) is 0 Å². The molecule has 1 heteroatoms. The van der Waals surface area contributed by atoms with Crippen molar-refractivity contribution in [1.82, 2.24) is 0 Å². The lowest BCUT2D eigenvalue weighted by Gasteiger charge is -2.25. The first-order valence-electron chi connectivity index (χ1n) is 4.60. The van der Waals surface area contributed by atoms with Gasteiger partial charge < -0.3 is 0 Å². The first-order chi connectivity index (χ1) is 5.87. The number of hydrogen-bond acceptors (Lipinski definition) is 0. The molecule has 0 aliphatic rings. The van der Waals surface area contributed by atoms with Crippen molar-refractivity contribution in [3.8, 4) is 0 Å². The van der Waals surface area contributed by atoms with Gasteiger partial charge in [-0.1, -0.05) is 29.3 Å². The predicted octanol–water partition coefficient (Wildman–Crippen LogP) is 3.50. The summed E-state index contributed by atoms with van der Waals surface area (Å²) in [7, 11) is -0.411. The molecule has 0 N–H and O–H groups in total. The van der Waals surface area contributed by atoms with Crippen LogP contribution >= 0.6 is 10.0 Å². The Kier molecular flexibility index (Phi) is 3.07. The standard InChI is InChI=1S/C12H20S/c1-10-6-11(2)8-12(7-10)9-13(3,4)5/h6-8H,9H2,1-5H3. The van der Waals surface area contributed by atoms with Crippen LogP contribution in [0.25, 0.3) is 0 Å². The molecule has 1 aromatic carbocycles. The number of hydrogen-bond donors (Lipinski definition) is 0. The molecular formula is C12H20S. The zero-order chi connectivity index (χ0) is 10.1. The highest BCUT2D eigenvalue weighted by Gasteiger charge is 2.05. The second-order valence-electron chi connectivity index (χ2n) is 4.73. The Labute approximate surface area is 83.7 Å². The monoisotopic (exact) mass is 196 g/mol. The molecule has 0 amide bonds. The molecule has 0 saturated heterocycles. The average Bonchev–Trinajstić information content (AvgIpc) is 1.78. The van der Waals surface area contributed by atoms with E-state index >= 15 is 0 Å². The molecule has 0 heterocycles. The van der Waals surface area contributed by atoms with Crippen molar-refractivity contribution in [3.05, 3.63) is 34.9 Å². The van der Waals surface area contributed by atoms with Crippen LogP contribution in [0.2, 0.25) is 0 Å². The van der Waals surface area contributed by atoms with Crippen LogP contribution in [0.15, 0.2) is 18.2 Å². The topological polar surface area (TPSA) is 0 Å². The lowest BCUT2D eigenvalue weighted by Crippen LogP contribution is -1.97. The molecule has 0 radical (unpaired) electrons. The Bertz CT molecular complexity index is 274. The van der Waals surface area contributed by atoms with Crippen molar-refractivity contribution in [3.63, 3.8) is 0 Å². The molecule has 0 atom stereocenters. The third-order valence-electron chi connectivity index (χ3n) is 1.88. The van der Waals surface area contributed by atoms with E-state index in [0.29, 0.717) is 0 Å². The summed E-state index contributed by atoms with van der Waals surface area (Å²) in [5, 5.41) is 0. The smallest absolute Gasteiger partial charge is 0.00179 e. The Hall–Kier alpha value is -0.430. The van der Waals surface area contributed by atoms with E-state index in [1.807, 2.05) is 0 Å². The van der Waals surface area contributed by atoms with E-state index in [1.54, 1.807) is 0 Å². The van der Waals surface area contributed by atoms with E-state index in [-0.39, 0.29) is 0 Å². The van der Waals surface area contributed by atoms with Gasteiger partial charge >= 0.3 is 0 Å². The quantitative estimate of drug-likeness (QED) is 0.679. The molecule has 1 aromatic rings. The Morgan fingerprint density at radius 2 is 1.38 bits per heavy atom. The van der Waals surface area contributed by atoms with E-state index in [1.165, 1.54) is 22.4 Å². The van der Waals surface area contributed by atoms with Crippen LogP contribution in [-0.4, -0.2) is 18.8 Å². The Morgan fingerprint density at radius 1 is 0.923 bits per heavy atom. The fraction of sp³-hybridized carbons (Fsp3) is 0.500. The summed E-state index contributed by atoms with van der Waals surface area (Å²) >= 11 is 0. The summed E-state index contributed by atoms with van der Waals surface area (Å²) in [5.74, 6) is 1.25. The van der Waals surface area contributed by atoms with Crippen molar-refractivity contribution in [2.45, 2.75) is 19.6 Å². The number of benzene rings is 1. The molecule has 0 spiro atoms. The lowest BCUT2D eigenvalue weighted by atomic mass is 10.1. The zero-order valence-electron chi connectivity index (χ0n) is 9.35. The number of rotatable bonds is 2. The maximum atomic E-state index is 2.37. The predicted molar refractivity (Wildman–Crippen MR) is 65.0 cm³/mol. The maximum Gasteiger partial charge on any atom is 0.00179 e. The normalized spacial score (nSPS) is 13.0. The second-order valence-corrected chi connectivity index (χ2v) is 9.20. The van der Waals surface area contributed by atoms with Crippen LogP contribution in [0.1, 0.15) is 16.7 Å². The SMILES string of the molecule is Cc1cc(C)cc(CS(C)(C)C)c1. The lowest BCUT2D eigenvalue weighted by molar-refractivity contribution is 1.29. The zero-order valence-corrected chi connectivity index (χ0v) is 10.2. The van der Waals surface area contributed by atoms with Crippen LogP contribution < -0.4 is 0 Å². The maximum absolute atomic E-state index is 2.37. The van der Waals surface area contributed by atoms with Gasteiger partial charge in [0.15, 0.2) is 0 Å². The molecule has 13 heavy (non-hydrogen) atoms. The molecule has 0 aromatic heterocycles. The summed E-state index contributed by atoms with van der Waals surface area (Å²) in [6.07, 6.45) is 7.10. The van der Waals surface area contributed by atoms with Crippen LogP contribution in [0, 0.1) is 13.8 Å². The van der Waals surface area contributed by atoms with Gasteiger partial charge in [0, 0.05) is 5.75 Å². The third-order valence-corrected chi connectivity index (χ3v) is 3.08. The van der Waals surface area contributed by atoms with Gasteiger partial charge in [0.2, 0.25) is 0 Å². The van der Waals surface area contributed by atoms with Crippen molar-refractivity contribution in [2.75, 3.05) is 18.8 Å². The molecule has 1 rings (SSSR count). The van der Waals surface area contributed by atoms with Gasteiger partial charge in [0.05, 0.1) is 0 Å². The van der Waals surface area contributed by atoms with E-state index in [0.717, 1.165) is 0 Å². The summed E-state index contributed by atoms with van der Waals surface area (Å²) in [5.41, 5.74) is 4.28. The molecule has 0 nitrogen and oxygen atoms in total. The van der Waals surface area contributed by atoms with Gasteiger partial charge in [-0.3, -0.25) is 0 Å². The molecule has 0 bridgehead atoms. The molecule has 0 saturated carbocycles. The molecular weight excluding hydrogens is 176 g/mol. The molecule has 0 aliphatic carbocycles. The fourth-order valence-electron chi connectivity index (χ4n) is 1.65. The minimum absolute atomic E-state index is 0.411. The average molecular weight is 196 g/mol. The summed E-state index contributed by atoms with van der Waals surface area (Å²) in [4.78, 5) is 0. The Morgan fingerprint density at radius 3 is 1.77 bits per heavy atom. The van der Waals surface area contributed by atoms with Crippen LogP contribution in [0.4, 0.5) is 0 Å². The molecule has 0 unspecified atom stereocenters. The minimum atomic E-state index is -0.411. The number of aryl methyl sites for hydroxylation is 2. The van der Waals surface area contributed by atoms with Gasteiger partial charge in [-0.15, -0.1) is 0 Å². The van der Waals surface area contributed by atoms with E-state index in [9.17, 15) is 0 Å². The summed E-state index contributed by atoms with van der Waals surface area (Å²) in [6.45, 7) is 4.35. The first-order valence-corrected chi connectivity index (χ1v) is 7.63. The summed E-state index contributed by atoms with van der Waals surface area (Å²) < 4.78 is 0. The highest BCUT2D eigenvalue weighted by molar-refractivity contribution is 8.31. The van der Waals surface area contributed by atoms with E-state index < -0.39 is 10.0 Å². The van der Waals surface area contributed by atoms with E-state index in [4.69, 9.17) is 0 Å². The highest BCUT2D eigenvalue weighted by Crippen LogP contribution is 2.39. The third kappa shape index (κ3) is 3.86. The highest BCUT2D eigenvalue weighted by atomic mass is 32.3. The van der Waals surface area contributed by atoms with Gasteiger partial charge in [-0.05, 0) is 38.2 Å². The Balaban J connectivity index is 2.90. The van der Waals surface area contributed by atoms with Gasteiger partial charge in [0.1, 0.15) is 0 Å². The van der Waals surface area contributed by atoms with Gasteiger partial charge in [-0.25, -0.2) is 10.0 Å².